The second kappa shape index (κ2) is 8.44. The number of aromatic nitrogens is 1. The zero-order chi connectivity index (χ0) is 16.7. The Morgan fingerprint density at radius 3 is 2.57 bits per heavy atom. The molecule has 1 aliphatic heterocycles. The number of rotatable bonds is 6. The van der Waals surface area contributed by atoms with Crippen LogP contribution in [0.4, 0.5) is 0 Å². The smallest absolute Gasteiger partial charge is 0.311 e. The van der Waals surface area contributed by atoms with Gasteiger partial charge in [-0.25, -0.2) is 0 Å². The highest BCUT2D eigenvalue weighted by Crippen LogP contribution is 2.25. The molecule has 4 nitrogen and oxygen atoms in total. The fourth-order valence-electron chi connectivity index (χ4n) is 2.92. The summed E-state index contributed by atoms with van der Waals surface area (Å²) in [5.41, 5.74) is 0.811. The molecule has 1 atom stereocenters. The molecule has 0 aromatic carbocycles. The molecule has 128 valence electrons. The molecule has 1 N–H and O–H groups in total. The summed E-state index contributed by atoms with van der Waals surface area (Å²) < 4.78 is 5.86. The molecule has 23 heavy (non-hydrogen) atoms. The van der Waals surface area contributed by atoms with E-state index in [1.165, 1.54) is 18.4 Å². The second-order valence-corrected chi connectivity index (χ2v) is 7.60. The maximum Gasteiger partial charge on any atom is 0.311 e. The van der Waals surface area contributed by atoms with Crippen LogP contribution in [0.5, 0.6) is 0 Å². The first kappa shape index (κ1) is 17.9. The van der Waals surface area contributed by atoms with Crippen LogP contribution in [0, 0.1) is 11.3 Å². The van der Waals surface area contributed by atoms with E-state index in [-0.39, 0.29) is 12.1 Å². The van der Waals surface area contributed by atoms with Gasteiger partial charge in [-0.05, 0) is 89.6 Å². The van der Waals surface area contributed by atoms with Crippen LogP contribution in [-0.4, -0.2) is 30.1 Å². The molecule has 0 spiro atoms. The van der Waals surface area contributed by atoms with Crippen LogP contribution < -0.4 is 5.32 Å². The molecule has 0 bridgehead atoms. The first-order chi connectivity index (χ1) is 10.9. The number of aryl methyl sites for hydroxylation is 1. The van der Waals surface area contributed by atoms with Crippen molar-refractivity contribution in [3.63, 3.8) is 0 Å². The Balaban J connectivity index is 1.93. The van der Waals surface area contributed by atoms with Gasteiger partial charge in [-0.1, -0.05) is 0 Å². The van der Waals surface area contributed by atoms with Gasteiger partial charge in [-0.2, -0.15) is 0 Å². The van der Waals surface area contributed by atoms with Crippen LogP contribution in [0.2, 0.25) is 0 Å². The summed E-state index contributed by atoms with van der Waals surface area (Å²) in [4.78, 5) is 16.3. The lowest BCUT2D eigenvalue weighted by atomic mass is 9.89. The first-order valence-corrected chi connectivity index (χ1v) is 8.76. The molecule has 0 aliphatic carbocycles. The number of carbonyl (C=O) groups excluding carboxylic acids is 1. The van der Waals surface area contributed by atoms with Crippen molar-refractivity contribution in [3.8, 4) is 0 Å². The Bertz CT molecular complexity index is 476. The van der Waals surface area contributed by atoms with Crippen LogP contribution in [0.25, 0.3) is 0 Å². The molecule has 0 radical (unpaired) electrons. The predicted octanol–water partition coefficient (Wildman–Crippen LogP) is 3.36. The molecule has 1 aliphatic rings. The van der Waals surface area contributed by atoms with Crippen molar-refractivity contribution in [2.75, 3.05) is 13.1 Å². The number of ether oxygens (including phenoxy) is 1. The highest BCUT2D eigenvalue weighted by atomic mass is 16.5. The summed E-state index contributed by atoms with van der Waals surface area (Å²) in [6, 6.07) is 4.07. The van der Waals surface area contributed by atoms with Crippen LogP contribution in [0.3, 0.4) is 0 Å². The predicted molar refractivity (Wildman–Crippen MR) is 92.1 cm³/mol. The lowest BCUT2D eigenvalue weighted by Gasteiger charge is -2.29. The summed E-state index contributed by atoms with van der Waals surface area (Å²) in [6.45, 7) is 7.91. The van der Waals surface area contributed by atoms with Crippen LogP contribution in [0.15, 0.2) is 24.5 Å². The zero-order valence-corrected chi connectivity index (χ0v) is 14.7. The van der Waals surface area contributed by atoms with Gasteiger partial charge >= 0.3 is 5.97 Å². The van der Waals surface area contributed by atoms with Crippen molar-refractivity contribution in [2.24, 2.45) is 11.3 Å². The number of hydrogen-bond donors (Lipinski definition) is 1. The van der Waals surface area contributed by atoms with E-state index in [9.17, 15) is 4.79 Å². The molecule has 1 unspecified atom stereocenters. The lowest BCUT2D eigenvalue weighted by molar-refractivity contribution is -0.159. The van der Waals surface area contributed by atoms with Crippen molar-refractivity contribution in [1.82, 2.24) is 10.3 Å². The summed E-state index contributed by atoms with van der Waals surface area (Å²) in [5.74, 6) is 0.567. The second-order valence-electron chi connectivity index (χ2n) is 7.60. The largest absolute Gasteiger partial charge is 0.462 e. The van der Waals surface area contributed by atoms with Gasteiger partial charge in [0.2, 0.25) is 0 Å². The van der Waals surface area contributed by atoms with Crippen molar-refractivity contribution >= 4 is 5.97 Å². The van der Waals surface area contributed by atoms with E-state index in [2.05, 4.69) is 10.3 Å². The molecule has 1 saturated heterocycles. The molecule has 0 saturated carbocycles. The minimum atomic E-state index is -0.441. The maximum absolute atomic E-state index is 12.3. The van der Waals surface area contributed by atoms with Gasteiger partial charge in [0, 0.05) is 12.4 Å². The highest BCUT2D eigenvalue weighted by Gasteiger charge is 2.28. The SMILES string of the molecule is CC(C)(C)C(=O)OC(CCc1ccncc1)CC1CCNCC1. The molecule has 1 aromatic heterocycles. The Kier molecular flexibility index (Phi) is 6.58. The number of nitrogens with one attached hydrogen (secondary N) is 1. The van der Waals surface area contributed by atoms with Gasteiger partial charge in [0.05, 0.1) is 5.41 Å². The molecule has 4 heteroatoms. The van der Waals surface area contributed by atoms with Crippen LogP contribution in [-0.2, 0) is 16.0 Å². The van der Waals surface area contributed by atoms with Gasteiger partial charge in [0.1, 0.15) is 6.10 Å². The summed E-state index contributed by atoms with van der Waals surface area (Å²) in [5, 5.41) is 3.40. The Morgan fingerprint density at radius 2 is 1.96 bits per heavy atom. The maximum atomic E-state index is 12.3. The monoisotopic (exact) mass is 318 g/mol. The summed E-state index contributed by atoms with van der Waals surface area (Å²) >= 11 is 0. The number of hydrogen-bond acceptors (Lipinski definition) is 4. The average molecular weight is 318 g/mol. The Hall–Kier alpha value is -1.42. The zero-order valence-electron chi connectivity index (χ0n) is 14.7. The van der Waals surface area contributed by atoms with E-state index in [0.717, 1.165) is 32.4 Å². The van der Waals surface area contributed by atoms with Gasteiger partial charge in [-0.15, -0.1) is 0 Å². The van der Waals surface area contributed by atoms with Crippen molar-refractivity contribution in [2.45, 2.75) is 59.0 Å². The fourth-order valence-corrected chi connectivity index (χ4v) is 2.92. The minimum Gasteiger partial charge on any atom is -0.462 e. The quantitative estimate of drug-likeness (QED) is 0.817. The van der Waals surface area contributed by atoms with Crippen molar-refractivity contribution in [1.29, 1.82) is 0 Å². The molecular weight excluding hydrogens is 288 g/mol. The number of carbonyl (C=O) groups is 1. The first-order valence-electron chi connectivity index (χ1n) is 8.76. The van der Waals surface area contributed by atoms with Gasteiger partial charge in [0.25, 0.3) is 0 Å². The van der Waals surface area contributed by atoms with E-state index in [1.807, 2.05) is 45.3 Å². The summed E-state index contributed by atoms with van der Waals surface area (Å²) in [6.07, 6.45) is 8.80. The minimum absolute atomic E-state index is 0.0120. The van der Waals surface area contributed by atoms with Crippen LogP contribution >= 0.6 is 0 Å². The molecular formula is C19H30N2O2. The van der Waals surface area contributed by atoms with Crippen molar-refractivity contribution in [3.05, 3.63) is 30.1 Å². The average Bonchev–Trinajstić information content (AvgIpc) is 2.53. The standard InChI is InChI=1S/C19H30N2O2/c1-19(2,3)18(22)23-17(14-16-8-12-21-13-9-16)5-4-15-6-10-20-11-7-15/h6-7,10-11,16-17,21H,4-5,8-9,12-14H2,1-3H3. The number of piperidine rings is 1. The van der Waals surface area contributed by atoms with Crippen molar-refractivity contribution < 1.29 is 9.53 Å². The van der Waals surface area contributed by atoms with E-state index in [1.54, 1.807) is 0 Å². The van der Waals surface area contributed by atoms with Gasteiger partial charge < -0.3 is 10.1 Å². The van der Waals surface area contributed by atoms with E-state index in [4.69, 9.17) is 4.74 Å². The molecule has 2 rings (SSSR count). The Labute approximate surface area is 140 Å². The van der Waals surface area contributed by atoms with E-state index >= 15 is 0 Å². The van der Waals surface area contributed by atoms with E-state index < -0.39 is 5.41 Å². The molecule has 0 amide bonds. The number of esters is 1. The third-order valence-electron chi connectivity index (χ3n) is 4.45. The molecule has 1 aromatic rings. The summed E-state index contributed by atoms with van der Waals surface area (Å²) in [7, 11) is 0. The molecule has 1 fully saturated rings. The Morgan fingerprint density at radius 1 is 1.30 bits per heavy atom. The van der Waals surface area contributed by atoms with E-state index in [0.29, 0.717) is 5.92 Å². The van der Waals surface area contributed by atoms with Gasteiger partial charge in [-0.3, -0.25) is 9.78 Å². The third kappa shape index (κ3) is 6.30. The number of pyridine rings is 1. The highest BCUT2D eigenvalue weighted by molar-refractivity contribution is 5.75. The fraction of sp³-hybridized carbons (Fsp3) is 0.684. The third-order valence-corrected chi connectivity index (χ3v) is 4.45. The normalized spacial score (nSPS) is 17.7. The number of nitrogens with zero attached hydrogens (tertiary/aromatic N) is 1. The van der Waals surface area contributed by atoms with Crippen LogP contribution in [0.1, 0.15) is 52.0 Å². The topological polar surface area (TPSA) is 51.2 Å². The van der Waals surface area contributed by atoms with Gasteiger partial charge in [0.15, 0.2) is 0 Å². The molecule has 2 heterocycles. The lowest BCUT2D eigenvalue weighted by Crippen LogP contribution is -2.33.